The van der Waals surface area contributed by atoms with Gasteiger partial charge in [0.05, 0.1) is 17.4 Å². The van der Waals surface area contributed by atoms with Gasteiger partial charge >= 0.3 is 0 Å². The summed E-state index contributed by atoms with van der Waals surface area (Å²) < 4.78 is 12.9. The molecule has 186 valence electrons. The zero-order chi connectivity index (χ0) is 24.6. The molecule has 0 aromatic carbocycles. The lowest BCUT2D eigenvalue weighted by Crippen LogP contribution is -2.37. The van der Waals surface area contributed by atoms with Crippen LogP contribution in [0.4, 0.5) is 0 Å². The van der Waals surface area contributed by atoms with Gasteiger partial charge in [-0.1, -0.05) is 48.5 Å². The maximum Gasteiger partial charge on any atom is 0.137 e. The van der Waals surface area contributed by atoms with Gasteiger partial charge in [0.2, 0.25) is 0 Å². The van der Waals surface area contributed by atoms with E-state index in [1.807, 2.05) is 0 Å². The van der Waals surface area contributed by atoms with Crippen LogP contribution in [0.1, 0.15) is 130 Å². The highest BCUT2D eigenvalue weighted by atomic mass is 32.1. The predicted octanol–water partition coefficient (Wildman–Crippen LogP) is 6.40. The first kappa shape index (κ1) is 24.4. The van der Waals surface area contributed by atoms with E-state index in [0.717, 1.165) is 53.3 Å². The number of thiazole rings is 1. The van der Waals surface area contributed by atoms with Crippen molar-refractivity contribution < 1.29 is 14.6 Å². The van der Waals surface area contributed by atoms with E-state index in [9.17, 15) is 5.11 Å². The summed E-state index contributed by atoms with van der Waals surface area (Å²) in [6.45, 7) is 19.1. The van der Waals surface area contributed by atoms with E-state index in [2.05, 4.69) is 55.4 Å². The van der Waals surface area contributed by atoms with E-state index in [0.29, 0.717) is 13.2 Å². The van der Waals surface area contributed by atoms with Crippen molar-refractivity contribution in [3.8, 4) is 0 Å². The third kappa shape index (κ3) is 3.85. The van der Waals surface area contributed by atoms with E-state index in [4.69, 9.17) is 19.4 Å². The normalized spacial score (nSPS) is 25.6. The molecule has 34 heavy (non-hydrogen) atoms. The van der Waals surface area contributed by atoms with E-state index in [-0.39, 0.29) is 22.9 Å². The first-order valence-corrected chi connectivity index (χ1v) is 13.6. The summed E-state index contributed by atoms with van der Waals surface area (Å²) in [6.07, 6.45) is 2.47. The molecular formula is C28H40N2O3S. The van der Waals surface area contributed by atoms with Crippen molar-refractivity contribution in [1.82, 2.24) is 9.97 Å². The highest BCUT2D eigenvalue weighted by Gasteiger charge is 2.53. The number of nitrogens with zero attached hydrogens (tertiary/aromatic N) is 2. The molecule has 0 bridgehead atoms. The topological polar surface area (TPSA) is 64.5 Å². The first-order valence-electron chi connectivity index (χ1n) is 12.8. The van der Waals surface area contributed by atoms with Crippen molar-refractivity contribution in [1.29, 1.82) is 0 Å². The minimum Gasteiger partial charge on any atom is -0.388 e. The minimum atomic E-state index is -0.522. The molecule has 1 saturated heterocycles. The zero-order valence-corrected chi connectivity index (χ0v) is 22.9. The molecule has 6 heteroatoms. The van der Waals surface area contributed by atoms with Crippen LogP contribution >= 0.6 is 11.3 Å². The van der Waals surface area contributed by atoms with Crippen LogP contribution in [-0.2, 0) is 26.9 Å². The fraction of sp³-hybridized carbons (Fsp3) is 0.714. The number of hydrogen-bond donors (Lipinski definition) is 1. The number of aryl methyl sites for hydroxylation is 1. The second kappa shape index (κ2) is 8.09. The van der Waals surface area contributed by atoms with E-state index in [1.54, 1.807) is 11.3 Å². The standard InChI is InChI=1S/C28H40N2O3S/c1-15(2)22-20-21(19-17(30-22)13-27(7,8)14-18(19)31)28(9-11-32-12-10-28)33-23(20)25-29-16(3)24(34-25)26(4,5)6/h15,18,23,31H,9-14H2,1-8H3. The summed E-state index contributed by atoms with van der Waals surface area (Å²) in [5.41, 5.74) is 6.29. The maximum atomic E-state index is 11.5. The second-order valence-electron chi connectivity index (χ2n) is 12.7. The average molecular weight is 485 g/mol. The van der Waals surface area contributed by atoms with Crippen molar-refractivity contribution in [3.63, 3.8) is 0 Å². The van der Waals surface area contributed by atoms with Crippen molar-refractivity contribution in [3.05, 3.63) is 43.7 Å². The Hall–Kier alpha value is -1.34. The molecule has 3 aliphatic rings. The molecule has 1 spiro atoms. The lowest BCUT2D eigenvalue weighted by atomic mass is 9.70. The van der Waals surface area contributed by atoms with Crippen molar-refractivity contribution in [2.75, 3.05) is 13.2 Å². The monoisotopic (exact) mass is 484 g/mol. The number of fused-ring (bicyclic) bond motifs is 4. The van der Waals surface area contributed by atoms with Gasteiger partial charge in [-0.2, -0.15) is 0 Å². The number of hydrogen-bond acceptors (Lipinski definition) is 6. The maximum absolute atomic E-state index is 11.5. The molecule has 5 rings (SSSR count). The second-order valence-corrected chi connectivity index (χ2v) is 13.7. The van der Waals surface area contributed by atoms with Crippen LogP contribution in [0, 0.1) is 12.3 Å². The molecule has 0 saturated carbocycles. The molecule has 2 aliphatic heterocycles. The van der Waals surface area contributed by atoms with Gasteiger partial charge in [-0.05, 0) is 42.1 Å². The number of aliphatic hydroxyl groups excluding tert-OH is 1. The van der Waals surface area contributed by atoms with Gasteiger partial charge < -0.3 is 14.6 Å². The molecule has 1 fully saturated rings. The van der Waals surface area contributed by atoms with Gasteiger partial charge in [0.15, 0.2) is 0 Å². The molecule has 5 nitrogen and oxygen atoms in total. The predicted molar refractivity (Wildman–Crippen MR) is 136 cm³/mol. The largest absolute Gasteiger partial charge is 0.388 e. The molecular weight excluding hydrogens is 444 g/mol. The Kier molecular flexibility index (Phi) is 5.79. The fourth-order valence-electron chi connectivity index (χ4n) is 6.34. The molecule has 1 N–H and O–H groups in total. The van der Waals surface area contributed by atoms with Gasteiger partial charge in [-0.15, -0.1) is 11.3 Å². The third-order valence-corrected chi connectivity index (χ3v) is 9.36. The van der Waals surface area contributed by atoms with E-state index in [1.165, 1.54) is 16.0 Å². The van der Waals surface area contributed by atoms with Gasteiger partial charge in [-0.3, -0.25) is 4.98 Å². The van der Waals surface area contributed by atoms with Crippen LogP contribution in [0.25, 0.3) is 0 Å². The highest BCUT2D eigenvalue weighted by Crippen LogP contribution is 2.58. The molecule has 2 aromatic heterocycles. The van der Waals surface area contributed by atoms with Crippen molar-refractivity contribution in [2.24, 2.45) is 5.41 Å². The average Bonchev–Trinajstić information content (AvgIpc) is 3.26. The summed E-state index contributed by atoms with van der Waals surface area (Å²) in [5.74, 6) is 0.255. The molecule has 1 aliphatic carbocycles. The number of pyridine rings is 1. The van der Waals surface area contributed by atoms with Crippen molar-refractivity contribution in [2.45, 2.75) is 110 Å². The molecule has 2 atom stereocenters. The summed E-state index contributed by atoms with van der Waals surface area (Å²) in [6, 6.07) is 0. The minimum absolute atomic E-state index is 0.0254. The number of rotatable bonds is 2. The Bertz CT molecular complexity index is 1110. The summed E-state index contributed by atoms with van der Waals surface area (Å²) in [5, 5.41) is 12.5. The quantitative estimate of drug-likeness (QED) is 0.534. The third-order valence-electron chi connectivity index (χ3n) is 7.73. The fourth-order valence-corrected chi connectivity index (χ4v) is 7.50. The van der Waals surface area contributed by atoms with E-state index >= 15 is 0 Å². The van der Waals surface area contributed by atoms with Crippen molar-refractivity contribution >= 4 is 11.3 Å². The Morgan fingerprint density at radius 3 is 2.35 bits per heavy atom. The summed E-state index contributed by atoms with van der Waals surface area (Å²) >= 11 is 1.78. The van der Waals surface area contributed by atoms with Crippen LogP contribution < -0.4 is 0 Å². The summed E-state index contributed by atoms with van der Waals surface area (Å²) in [4.78, 5) is 11.6. The van der Waals surface area contributed by atoms with Gasteiger partial charge in [-0.25, -0.2) is 4.98 Å². The molecule has 2 aromatic rings. The molecule has 0 radical (unpaired) electrons. The lowest BCUT2D eigenvalue weighted by molar-refractivity contribution is -0.122. The van der Waals surface area contributed by atoms with Gasteiger partial charge in [0.1, 0.15) is 11.1 Å². The number of aliphatic hydroxyl groups is 1. The van der Waals surface area contributed by atoms with Gasteiger partial charge in [0, 0.05) is 53.4 Å². The Morgan fingerprint density at radius 2 is 1.76 bits per heavy atom. The van der Waals surface area contributed by atoms with Crippen LogP contribution in [-0.4, -0.2) is 28.3 Å². The van der Waals surface area contributed by atoms with Crippen LogP contribution in [0.5, 0.6) is 0 Å². The van der Waals surface area contributed by atoms with Gasteiger partial charge in [0.25, 0.3) is 0 Å². The zero-order valence-electron chi connectivity index (χ0n) is 22.0. The SMILES string of the molecule is Cc1nc(C2OC3(CCOCC3)c3c4c(nc(C(C)C)c32)CC(C)(C)CC4O)sc1C(C)(C)C. The van der Waals surface area contributed by atoms with Crippen LogP contribution in [0.15, 0.2) is 0 Å². The highest BCUT2D eigenvalue weighted by molar-refractivity contribution is 7.12. The number of ether oxygens (including phenoxy) is 2. The molecule has 4 heterocycles. The Balaban J connectivity index is 1.78. The van der Waals surface area contributed by atoms with Crippen LogP contribution in [0.2, 0.25) is 0 Å². The summed E-state index contributed by atoms with van der Waals surface area (Å²) in [7, 11) is 0. The van der Waals surface area contributed by atoms with E-state index < -0.39 is 11.7 Å². The number of aromatic nitrogens is 2. The van der Waals surface area contributed by atoms with Crippen LogP contribution in [0.3, 0.4) is 0 Å². The molecule has 2 unspecified atom stereocenters. The lowest BCUT2D eigenvalue weighted by Gasteiger charge is -2.40. The Labute approximate surface area is 208 Å². The first-order chi connectivity index (χ1) is 15.8. The molecule has 0 amide bonds. The smallest absolute Gasteiger partial charge is 0.137 e. The Morgan fingerprint density at radius 1 is 1.09 bits per heavy atom.